The average Bonchev–Trinajstić information content (AvgIpc) is 3.25. The van der Waals surface area contributed by atoms with Crippen molar-refractivity contribution in [1.29, 1.82) is 0 Å². The summed E-state index contributed by atoms with van der Waals surface area (Å²) in [5, 5.41) is 0.572. The predicted molar refractivity (Wildman–Crippen MR) is 122 cm³/mol. The van der Waals surface area contributed by atoms with E-state index in [1.54, 1.807) is 42.4 Å². The summed E-state index contributed by atoms with van der Waals surface area (Å²) in [6.45, 7) is 2.63. The third-order valence-electron chi connectivity index (χ3n) is 5.26. The highest BCUT2D eigenvalue weighted by molar-refractivity contribution is 7.89. The number of aromatic nitrogens is 3. The molecular formula is C21H23N5O5S2. The van der Waals surface area contributed by atoms with Gasteiger partial charge in [0.2, 0.25) is 10.0 Å². The van der Waals surface area contributed by atoms with Crippen LogP contribution in [0.3, 0.4) is 0 Å². The molecule has 0 aliphatic carbocycles. The minimum Gasteiger partial charge on any atom is -0.497 e. The van der Waals surface area contributed by atoms with Crippen LogP contribution in [0, 0.1) is 6.92 Å². The van der Waals surface area contributed by atoms with E-state index in [1.165, 1.54) is 35.9 Å². The van der Waals surface area contributed by atoms with Crippen molar-refractivity contribution in [3.63, 3.8) is 0 Å². The highest BCUT2D eigenvalue weighted by Gasteiger charge is 2.33. The lowest BCUT2D eigenvalue weighted by Gasteiger charge is -2.34. The van der Waals surface area contributed by atoms with Gasteiger partial charge in [-0.25, -0.2) is 23.4 Å². The molecule has 4 rings (SSSR count). The van der Waals surface area contributed by atoms with Gasteiger partial charge >= 0.3 is 0 Å². The first-order valence-corrected chi connectivity index (χ1v) is 12.4. The van der Waals surface area contributed by atoms with E-state index in [0.29, 0.717) is 27.2 Å². The van der Waals surface area contributed by atoms with Gasteiger partial charge < -0.3 is 14.4 Å². The van der Waals surface area contributed by atoms with Gasteiger partial charge in [0, 0.05) is 44.6 Å². The molecule has 1 saturated heterocycles. The van der Waals surface area contributed by atoms with Crippen molar-refractivity contribution in [2.75, 3.05) is 40.4 Å². The highest BCUT2D eigenvalue weighted by atomic mass is 32.2. The van der Waals surface area contributed by atoms with Crippen LogP contribution in [0.1, 0.15) is 15.4 Å². The summed E-state index contributed by atoms with van der Waals surface area (Å²) in [4.78, 5) is 28.1. The third-order valence-corrected chi connectivity index (χ3v) is 8.32. The molecule has 3 aromatic rings. The third kappa shape index (κ3) is 4.54. The zero-order valence-corrected chi connectivity index (χ0v) is 20.0. The normalized spacial score (nSPS) is 14.8. The molecule has 0 radical (unpaired) electrons. The predicted octanol–water partition coefficient (Wildman–Crippen LogP) is 2.07. The fourth-order valence-electron chi connectivity index (χ4n) is 3.50. The number of rotatable bonds is 6. The lowest BCUT2D eigenvalue weighted by atomic mass is 10.3. The van der Waals surface area contributed by atoms with Crippen LogP contribution in [-0.4, -0.2) is 78.9 Å². The number of carbonyl (C=O) groups excluding carboxylic acids is 1. The molecule has 174 valence electrons. The Kier molecular flexibility index (Phi) is 6.58. The molecule has 1 aliphatic heterocycles. The molecular weight excluding hydrogens is 466 g/mol. The summed E-state index contributed by atoms with van der Waals surface area (Å²) in [6, 6.07) is 6.36. The van der Waals surface area contributed by atoms with Crippen molar-refractivity contribution < 1.29 is 22.7 Å². The maximum absolute atomic E-state index is 13.3. The van der Waals surface area contributed by atoms with Crippen molar-refractivity contribution in [2.24, 2.45) is 0 Å². The van der Waals surface area contributed by atoms with Crippen molar-refractivity contribution >= 4 is 27.3 Å². The fraction of sp³-hybridized carbons (Fsp3) is 0.333. The number of thiazole rings is 1. The maximum Gasteiger partial charge on any atom is 0.265 e. The molecule has 12 heteroatoms. The molecule has 2 aromatic heterocycles. The smallest absolute Gasteiger partial charge is 0.265 e. The first kappa shape index (κ1) is 23.1. The summed E-state index contributed by atoms with van der Waals surface area (Å²) in [7, 11) is -0.935. The Morgan fingerprint density at radius 3 is 2.39 bits per heavy atom. The van der Waals surface area contributed by atoms with Crippen LogP contribution in [0.2, 0.25) is 0 Å². The second-order valence-electron chi connectivity index (χ2n) is 7.22. The number of carbonyl (C=O) groups is 1. The van der Waals surface area contributed by atoms with Crippen LogP contribution in [0.4, 0.5) is 0 Å². The number of aryl methyl sites for hydroxylation is 1. The largest absolute Gasteiger partial charge is 0.497 e. The molecule has 10 nitrogen and oxygen atoms in total. The zero-order valence-electron chi connectivity index (χ0n) is 18.4. The van der Waals surface area contributed by atoms with E-state index in [9.17, 15) is 13.2 Å². The molecule has 0 bridgehead atoms. The summed E-state index contributed by atoms with van der Waals surface area (Å²) in [5.41, 5.74) is 0.601. The van der Waals surface area contributed by atoms with E-state index in [0.717, 1.165) is 0 Å². The van der Waals surface area contributed by atoms with E-state index in [-0.39, 0.29) is 42.7 Å². The molecule has 0 N–H and O–H groups in total. The first-order chi connectivity index (χ1) is 15.8. The Bertz CT molecular complexity index is 1260. The number of amides is 1. The quantitative estimate of drug-likeness (QED) is 0.517. The second kappa shape index (κ2) is 9.41. The van der Waals surface area contributed by atoms with Crippen LogP contribution in [0.25, 0.3) is 10.8 Å². The van der Waals surface area contributed by atoms with Crippen LogP contribution in [0.5, 0.6) is 11.5 Å². The molecule has 1 fully saturated rings. The number of hydrogen-bond acceptors (Lipinski definition) is 9. The van der Waals surface area contributed by atoms with Crippen LogP contribution in [0.15, 0.2) is 41.6 Å². The Labute approximate surface area is 195 Å². The second-order valence-corrected chi connectivity index (χ2v) is 10.1. The first-order valence-electron chi connectivity index (χ1n) is 10.1. The number of piperazine rings is 1. The van der Waals surface area contributed by atoms with Gasteiger partial charge in [-0.3, -0.25) is 4.79 Å². The van der Waals surface area contributed by atoms with Crippen LogP contribution < -0.4 is 9.47 Å². The molecule has 0 spiro atoms. The number of nitrogens with zero attached hydrogens (tertiary/aromatic N) is 5. The van der Waals surface area contributed by atoms with Gasteiger partial charge in [-0.1, -0.05) is 0 Å². The fourth-order valence-corrected chi connectivity index (χ4v) is 6.08. The number of methoxy groups -OCH3 is 2. The maximum atomic E-state index is 13.3. The van der Waals surface area contributed by atoms with E-state index >= 15 is 0 Å². The SMILES string of the molecule is COc1ccc(OC)c(S(=O)(=O)N2CCN(C(=O)c3sc(-c4ncccn4)nc3C)CC2)c1. The lowest BCUT2D eigenvalue weighted by molar-refractivity contribution is 0.0701. The van der Waals surface area contributed by atoms with E-state index in [4.69, 9.17) is 9.47 Å². The highest BCUT2D eigenvalue weighted by Crippen LogP contribution is 2.32. The van der Waals surface area contributed by atoms with Gasteiger partial charge in [-0.2, -0.15) is 4.31 Å². The van der Waals surface area contributed by atoms with E-state index in [1.807, 2.05) is 0 Å². The molecule has 33 heavy (non-hydrogen) atoms. The number of hydrogen-bond donors (Lipinski definition) is 0. The zero-order chi connectivity index (χ0) is 23.6. The van der Waals surface area contributed by atoms with Gasteiger partial charge in [0.05, 0.1) is 19.9 Å². The molecule has 1 amide bonds. The topological polar surface area (TPSA) is 115 Å². The minimum atomic E-state index is -3.83. The van der Waals surface area contributed by atoms with Crippen molar-refractivity contribution in [1.82, 2.24) is 24.2 Å². The Balaban J connectivity index is 1.49. The monoisotopic (exact) mass is 489 g/mol. The van der Waals surface area contributed by atoms with Gasteiger partial charge in [0.1, 0.15) is 21.3 Å². The van der Waals surface area contributed by atoms with Crippen LogP contribution >= 0.6 is 11.3 Å². The van der Waals surface area contributed by atoms with Crippen molar-refractivity contribution in [3.8, 4) is 22.3 Å². The van der Waals surface area contributed by atoms with Crippen LogP contribution in [-0.2, 0) is 10.0 Å². The van der Waals surface area contributed by atoms with Gasteiger partial charge in [-0.15, -0.1) is 11.3 Å². The summed E-state index contributed by atoms with van der Waals surface area (Å²) in [6.07, 6.45) is 3.25. The van der Waals surface area contributed by atoms with Gasteiger partial charge in [0.25, 0.3) is 5.91 Å². The van der Waals surface area contributed by atoms with Gasteiger partial charge in [-0.05, 0) is 25.1 Å². The van der Waals surface area contributed by atoms with E-state index in [2.05, 4.69) is 15.0 Å². The molecule has 1 aromatic carbocycles. The Morgan fingerprint density at radius 2 is 1.76 bits per heavy atom. The van der Waals surface area contributed by atoms with Crippen molar-refractivity contribution in [3.05, 3.63) is 47.2 Å². The molecule has 3 heterocycles. The molecule has 1 aliphatic rings. The molecule has 0 atom stereocenters. The summed E-state index contributed by atoms with van der Waals surface area (Å²) < 4.78 is 38.3. The Morgan fingerprint density at radius 1 is 1.06 bits per heavy atom. The molecule has 0 unspecified atom stereocenters. The number of ether oxygens (including phenoxy) is 2. The van der Waals surface area contributed by atoms with E-state index < -0.39 is 10.0 Å². The minimum absolute atomic E-state index is 0.0370. The van der Waals surface area contributed by atoms with Crippen molar-refractivity contribution in [2.45, 2.75) is 11.8 Å². The Hall–Kier alpha value is -3.09. The number of sulfonamides is 1. The number of benzene rings is 1. The summed E-state index contributed by atoms with van der Waals surface area (Å²) >= 11 is 1.24. The average molecular weight is 490 g/mol. The lowest BCUT2D eigenvalue weighted by Crippen LogP contribution is -2.50. The van der Waals surface area contributed by atoms with Gasteiger partial charge in [0.15, 0.2) is 10.8 Å². The standard InChI is InChI=1S/C21H23N5O5S2/c1-14-18(32-20(24-14)19-22-7-4-8-23-19)21(27)25-9-11-26(12-10-25)33(28,29)17-13-15(30-2)5-6-16(17)31-3/h4-8,13H,9-12H2,1-3H3. The molecule has 0 saturated carbocycles. The summed E-state index contributed by atoms with van der Waals surface area (Å²) in [5.74, 6) is 0.947.